The van der Waals surface area contributed by atoms with Crippen molar-refractivity contribution in [2.45, 2.75) is 30.6 Å². The molecule has 2 aliphatic rings. The van der Waals surface area contributed by atoms with Gasteiger partial charge in [0, 0.05) is 48.7 Å². The largest absolute Gasteiger partial charge is 0.352 e. The van der Waals surface area contributed by atoms with Crippen LogP contribution in [-0.2, 0) is 9.59 Å². The van der Waals surface area contributed by atoms with Gasteiger partial charge in [-0.2, -0.15) is 0 Å². The van der Waals surface area contributed by atoms with E-state index in [-0.39, 0.29) is 17.7 Å². The Labute approximate surface area is 145 Å². The highest BCUT2D eigenvalue weighted by atomic mass is 32.2. The molecule has 3 amide bonds. The average molecular weight is 347 g/mol. The molecule has 2 N–H and O–H groups in total. The van der Waals surface area contributed by atoms with Gasteiger partial charge >= 0.3 is 0 Å². The third-order valence-electron chi connectivity index (χ3n) is 4.16. The lowest BCUT2D eigenvalue weighted by molar-refractivity contribution is -0.127. The van der Waals surface area contributed by atoms with Crippen molar-refractivity contribution >= 4 is 35.2 Å². The van der Waals surface area contributed by atoms with Crippen LogP contribution in [0.15, 0.2) is 23.1 Å². The number of anilines is 1. The molecule has 1 fully saturated rings. The highest BCUT2D eigenvalue weighted by Gasteiger charge is 2.19. The first-order valence-corrected chi connectivity index (χ1v) is 9.25. The maximum atomic E-state index is 12.2. The van der Waals surface area contributed by atoms with E-state index in [0.29, 0.717) is 37.2 Å². The molecule has 0 radical (unpaired) electrons. The van der Waals surface area contributed by atoms with Crippen LogP contribution in [-0.4, -0.2) is 48.0 Å². The zero-order valence-corrected chi connectivity index (χ0v) is 14.3. The number of amides is 3. The van der Waals surface area contributed by atoms with Crippen LogP contribution < -0.4 is 10.6 Å². The summed E-state index contributed by atoms with van der Waals surface area (Å²) in [4.78, 5) is 38.2. The first kappa shape index (κ1) is 16.8. The second-order valence-electron chi connectivity index (χ2n) is 5.95. The van der Waals surface area contributed by atoms with Gasteiger partial charge in [0.1, 0.15) is 0 Å². The van der Waals surface area contributed by atoms with Crippen molar-refractivity contribution in [2.75, 3.05) is 30.7 Å². The van der Waals surface area contributed by atoms with Crippen molar-refractivity contribution in [1.29, 1.82) is 0 Å². The molecule has 0 aliphatic carbocycles. The normalized spacial score (nSPS) is 17.2. The second-order valence-corrected chi connectivity index (χ2v) is 7.09. The minimum absolute atomic E-state index is 0.0194. The van der Waals surface area contributed by atoms with Crippen molar-refractivity contribution in [3.05, 3.63) is 23.8 Å². The Morgan fingerprint density at radius 3 is 2.96 bits per heavy atom. The predicted molar refractivity (Wildman–Crippen MR) is 93.2 cm³/mol. The van der Waals surface area contributed by atoms with Gasteiger partial charge in [-0.15, -0.1) is 11.8 Å². The van der Waals surface area contributed by atoms with Crippen molar-refractivity contribution in [3.8, 4) is 0 Å². The number of hydrogen-bond donors (Lipinski definition) is 2. The van der Waals surface area contributed by atoms with E-state index in [1.54, 1.807) is 23.9 Å². The molecule has 2 aliphatic heterocycles. The fraction of sp³-hybridized carbons (Fsp3) is 0.471. The van der Waals surface area contributed by atoms with Crippen LogP contribution in [0.5, 0.6) is 0 Å². The van der Waals surface area contributed by atoms with Crippen LogP contribution in [0.2, 0.25) is 0 Å². The van der Waals surface area contributed by atoms with E-state index in [4.69, 9.17) is 0 Å². The van der Waals surface area contributed by atoms with Crippen LogP contribution in [0.1, 0.15) is 36.0 Å². The monoisotopic (exact) mass is 347 g/mol. The molecule has 0 atom stereocenters. The van der Waals surface area contributed by atoms with Crippen molar-refractivity contribution in [2.24, 2.45) is 0 Å². The maximum Gasteiger partial charge on any atom is 0.251 e. The zero-order valence-electron chi connectivity index (χ0n) is 13.5. The summed E-state index contributed by atoms with van der Waals surface area (Å²) in [5.74, 6) is 0.781. The fourth-order valence-electron chi connectivity index (χ4n) is 2.88. The smallest absolute Gasteiger partial charge is 0.251 e. The SMILES string of the molecule is O=C1CCSc2ccc(C(=O)NCCCN3CCCC3=O)cc2N1. The molecule has 1 aromatic rings. The number of carbonyl (C=O) groups excluding carboxylic acids is 3. The van der Waals surface area contributed by atoms with Gasteiger partial charge in [0.2, 0.25) is 11.8 Å². The summed E-state index contributed by atoms with van der Waals surface area (Å²) in [6, 6.07) is 5.39. The Morgan fingerprint density at radius 2 is 2.17 bits per heavy atom. The van der Waals surface area contributed by atoms with E-state index in [1.165, 1.54) is 0 Å². The van der Waals surface area contributed by atoms with Gasteiger partial charge in [-0.25, -0.2) is 0 Å². The molecule has 0 unspecified atom stereocenters. The molecule has 128 valence electrons. The Balaban J connectivity index is 1.51. The maximum absolute atomic E-state index is 12.2. The zero-order chi connectivity index (χ0) is 16.9. The summed E-state index contributed by atoms with van der Waals surface area (Å²) in [6.07, 6.45) is 2.81. The van der Waals surface area contributed by atoms with E-state index in [9.17, 15) is 14.4 Å². The number of likely N-dealkylation sites (tertiary alicyclic amines) is 1. The minimum Gasteiger partial charge on any atom is -0.352 e. The van der Waals surface area contributed by atoms with Gasteiger partial charge in [0.05, 0.1) is 5.69 Å². The summed E-state index contributed by atoms with van der Waals surface area (Å²) in [6.45, 7) is 2.05. The molecular weight excluding hydrogens is 326 g/mol. The number of rotatable bonds is 5. The van der Waals surface area contributed by atoms with E-state index in [2.05, 4.69) is 10.6 Å². The third kappa shape index (κ3) is 4.08. The Kier molecular flexibility index (Phi) is 5.40. The highest BCUT2D eigenvalue weighted by Crippen LogP contribution is 2.31. The molecule has 0 spiro atoms. The molecule has 3 rings (SSSR count). The predicted octanol–water partition coefficient (Wildman–Crippen LogP) is 1.86. The van der Waals surface area contributed by atoms with E-state index in [0.717, 1.165) is 30.0 Å². The van der Waals surface area contributed by atoms with E-state index >= 15 is 0 Å². The molecule has 2 heterocycles. The average Bonchev–Trinajstić information content (AvgIpc) is 2.87. The number of benzene rings is 1. The number of nitrogens with one attached hydrogen (secondary N) is 2. The lowest BCUT2D eigenvalue weighted by atomic mass is 10.2. The van der Waals surface area contributed by atoms with Crippen LogP contribution in [0, 0.1) is 0 Å². The molecule has 0 saturated carbocycles. The number of fused-ring (bicyclic) bond motifs is 1. The molecule has 0 bridgehead atoms. The standard InChI is InChI=1S/C17H21N3O3S/c21-15-6-10-24-14-5-4-12(11-13(14)19-15)17(23)18-7-2-9-20-8-1-3-16(20)22/h4-5,11H,1-3,6-10H2,(H,18,23)(H,19,21). The third-order valence-corrected chi connectivity index (χ3v) is 5.24. The van der Waals surface area contributed by atoms with E-state index < -0.39 is 0 Å². The highest BCUT2D eigenvalue weighted by molar-refractivity contribution is 7.99. The molecule has 1 saturated heterocycles. The lowest BCUT2D eigenvalue weighted by Gasteiger charge is -2.15. The summed E-state index contributed by atoms with van der Waals surface area (Å²) in [5, 5.41) is 5.72. The van der Waals surface area contributed by atoms with Gasteiger partial charge in [-0.05, 0) is 31.0 Å². The van der Waals surface area contributed by atoms with Crippen LogP contribution >= 0.6 is 11.8 Å². The quantitative estimate of drug-likeness (QED) is 0.797. The van der Waals surface area contributed by atoms with Gasteiger partial charge in [0.15, 0.2) is 0 Å². The van der Waals surface area contributed by atoms with Gasteiger partial charge in [0.25, 0.3) is 5.91 Å². The molecule has 6 nitrogen and oxygen atoms in total. The lowest BCUT2D eigenvalue weighted by Crippen LogP contribution is -2.30. The van der Waals surface area contributed by atoms with Crippen LogP contribution in [0.25, 0.3) is 0 Å². The number of nitrogens with zero attached hydrogens (tertiary/aromatic N) is 1. The summed E-state index contributed by atoms with van der Waals surface area (Å²) >= 11 is 1.62. The van der Waals surface area contributed by atoms with E-state index in [1.807, 2.05) is 11.0 Å². The molecule has 1 aromatic carbocycles. The molecule has 7 heteroatoms. The first-order valence-electron chi connectivity index (χ1n) is 8.26. The number of hydrogen-bond acceptors (Lipinski definition) is 4. The van der Waals surface area contributed by atoms with Crippen molar-refractivity contribution < 1.29 is 14.4 Å². The van der Waals surface area contributed by atoms with Gasteiger partial charge < -0.3 is 15.5 Å². The molecular formula is C17H21N3O3S. The number of thioether (sulfide) groups is 1. The van der Waals surface area contributed by atoms with Crippen LogP contribution in [0.3, 0.4) is 0 Å². The molecule has 0 aromatic heterocycles. The summed E-state index contributed by atoms with van der Waals surface area (Å²) in [7, 11) is 0. The first-order chi connectivity index (χ1) is 11.6. The Morgan fingerprint density at radius 1 is 1.29 bits per heavy atom. The summed E-state index contributed by atoms with van der Waals surface area (Å²) < 4.78 is 0. The van der Waals surface area contributed by atoms with Gasteiger partial charge in [-0.3, -0.25) is 14.4 Å². The minimum atomic E-state index is -0.158. The fourth-order valence-corrected chi connectivity index (χ4v) is 3.81. The van der Waals surface area contributed by atoms with Crippen LogP contribution in [0.4, 0.5) is 5.69 Å². The topological polar surface area (TPSA) is 78.5 Å². The van der Waals surface area contributed by atoms with Gasteiger partial charge in [-0.1, -0.05) is 0 Å². The second kappa shape index (κ2) is 7.70. The Hall–Kier alpha value is -2.02. The molecule has 24 heavy (non-hydrogen) atoms. The van der Waals surface area contributed by atoms with Crippen molar-refractivity contribution in [1.82, 2.24) is 10.2 Å². The van der Waals surface area contributed by atoms with Crippen molar-refractivity contribution in [3.63, 3.8) is 0 Å². The Bertz CT molecular complexity index is 662. The number of carbonyl (C=O) groups is 3. The summed E-state index contributed by atoms with van der Waals surface area (Å²) in [5.41, 5.74) is 1.24.